The molecule has 0 bridgehead atoms. The normalized spacial score (nSPS) is 28.0. The Morgan fingerprint density at radius 3 is 2.53 bits per heavy atom. The van der Waals surface area contributed by atoms with Gasteiger partial charge in [0.2, 0.25) is 5.91 Å². The number of likely N-dealkylation sites (N-methyl/N-ethyl adjacent to an activating group) is 2. The number of hydrogen-bond donors (Lipinski definition) is 1. The van der Waals surface area contributed by atoms with Crippen molar-refractivity contribution in [1.82, 2.24) is 14.8 Å². The highest BCUT2D eigenvalue weighted by Crippen LogP contribution is 2.57. The Balaban J connectivity index is 1.53. The molecule has 1 N–H and O–H groups in total. The molecule has 1 aromatic heterocycles. The van der Waals surface area contributed by atoms with E-state index in [2.05, 4.69) is 18.7 Å². The van der Waals surface area contributed by atoms with Gasteiger partial charge in [-0.15, -0.1) is 11.3 Å². The average molecular weight is 582 g/mol. The van der Waals surface area contributed by atoms with Crippen LogP contribution >= 0.6 is 22.9 Å². The number of halogens is 1. The van der Waals surface area contributed by atoms with Crippen LogP contribution in [-0.2, 0) is 26.8 Å². The van der Waals surface area contributed by atoms with Crippen molar-refractivity contribution in [3.63, 3.8) is 0 Å². The summed E-state index contributed by atoms with van der Waals surface area (Å²) in [6, 6.07) is 6.22. The van der Waals surface area contributed by atoms with E-state index in [1.54, 1.807) is 17.0 Å². The smallest absolute Gasteiger partial charge is 0.225 e. The van der Waals surface area contributed by atoms with E-state index >= 15 is 0 Å². The van der Waals surface area contributed by atoms with Gasteiger partial charge < -0.3 is 14.9 Å². The number of aliphatic hydroxyl groups excluding tert-OH is 1. The molecule has 1 aromatic carbocycles. The van der Waals surface area contributed by atoms with E-state index in [0.29, 0.717) is 16.6 Å². The Labute approximate surface area is 236 Å². The summed E-state index contributed by atoms with van der Waals surface area (Å²) < 4.78 is 26.1. The minimum absolute atomic E-state index is 0.0291. The summed E-state index contributed by atoms with van der Waals surface area (Å²) >= 11 is 7.41. The van der Waals surface area contributed by atoms with Gasteiger partial charge in [-0.25, -0.2) is 13.4 Å². The monoisotopic (exact) mass is 581 g/mol. The highest BCUT2D eigenvalue weighted by Gasteiger charge is 2.54. The first kappa shape index (κ1) is 29.5. The molecule has 2 aliphatic rings. The van der Waals surface area contributed by atoms with Crippen molar-refractivity contribution in [2.75, 3.05) is 34.2 Å². The van der Waals surface area contributed by atoms with Crippen LogP contribution in [0.25, 0.3) is 0 Å². The molecule has 0 spiro atoms. The van der Waals surface area contributed by atoms with Crippen molar-refractivity contribution in [2.24, 2.45) is 23.2 Å². The van der Waals surface area contributed by atoms with Gasteiger partial charge in [0, 0.05) is 41.9 Å². The highest BCUT2D eigenvalue weighted by atomic mass is 35.5. The Morgan fingerprint density at radius 2 is 1.89 bits per heavy atom. The fourth-order valence-corrected chi connectivity index (χ4v) is 9.64. The maximum atomic E-state index is 13.2. The first-order valence-corrected chi connectivity index (χ1v) is 16.1. The summed E-state index contributed by atoms with van der Waals surface area (Å²) in [6.07, 6.45) is 1.85. The van der Waals surface area contributed by atoms with Gasteiger partial charge in [-0.1, -0.05) is 32.4 Å². The molecule has 6 atom stereocenters. The number of carbonyl (C=O) groups is 1. The molecule has 1 fully saturated rings. The Kier molecular flexibility index (Phi) is 8.65. The van der Waals surface area contributed by atoms with Crippen molar-refractivity contribution < 1.29 is 18.3 Å². The lowest BCUT2D eigenvalue weighted by atomic mass is 9.53. The zero-order valence-corrected chi connectivity index (χ0v) is 25.5. The maximum absolute atomic E-state index is 13.2. The predicted molar refractivity (Wildman–Crippen MR) is 152 cm³/mol. The molecule has 0 saturated heterocycles. The lowest BCUT2D eigenvalue weighted by molar-refractivity contribution is -0.143. The van der Waals surface area contributed by atoms with Crippen LogP contribution in [0.3, 0.4) is 0 Å². The summed E-state index contributed by atoms with van der Waals surface area (Å²) in [4.78, 5) is 23.2. The predicted octanol–water partition coefficient (Wildman–Crippen LogP) is 4.48. The first-order valence-electron chi connectivity index (χ1n) is 13.3. The topological polar surface area (TPSA) is 90.8 Å². The number of amides is 1. The number of hydrogen-bond acceptors (Lipinski definition) is 7. The molecule has 7 nitrogen and oxygen atoms in total. The minimum Gasteiger partial charge on any atom is -0.392 e. The number of sulfone groups is 1. The molecule has 1 heterocycles. The molecule has 0 aliphatic heterocycles. The minimum atomic E-state index is -3.55. The van der Waals surface area contributed by atoms with Crippen LogP contribution in [0.4, 0.5) is 0 Å². The first-order chi connectivity index (χ1) is 17.7. The number of aliphatic hydroxyl groups is 1. The fourth-order valence-electron chi connectivity index (χ4n) is 6.54. The Morgan fingerprint density at radius 1 is 1.24 bits per heavy atom. The fraction of sp³-hybridized carbons (Fsp3) is 0.643. The second-order valence-corrected chi connectivity index (χ2v) is 15.4. The van der Waals surface area contributed by atoms with Crippen molar-refractivity contribution in [3.8, 4) is 0 Å². The molecule has 1 saturated carbocycles. The molecule has 10 heteroatoms. The van der Waals surface area contributed by atoms with Gasteiger partial charge >= 0.3 is 0 Å². The van der Waals surface area contributed by atoms with Crippen LogP contribution in [-0.4, -0.2) is 74.6 Å². The van der Waals surface area contributed by atoms with Crippen LogP contribution in [0.5, 0.6) is 0 Å². The van der Waals surface area contributed by atoms with Crippen molar-refractivity contribution >= 4 is 38.7 Å². The third-order valence-electron chi connectivity index (χ3n) is 8.74. The third kappa shape index (κ3) is 5.82. The van der Waals surface area contributed by atoms with Gasteiger partial charge in [0.15, 0.2) is 9.84 Å². The molecule has 0 radical (unpaired) electrons. The number of benzene rings is 1. The second kappa shape index (κ2) is 11.2. The van der Waals surface area contributed by atoms with Crippen LogP contribution in [0.1, 0.15) is 55.1 Å². The SMILES string of the molecule is CC(C(=O)N(C)CCN(C)C)C1CCC2(C)Cc3sc(CS(=O)(=O)c4ccc(Cl)cc4)nc3C(C)C2C1O. The van der Waals surface area contributed by atoms with Crippen molar-refractivity contribution in [1.29, 1.82) is 0 Å². The number of fused-ring (bicyclic) bond motifs is 2. The lowest BCUT2D eigenvalue weighted by Crippen LogP contribution is -2.53. The summed E-state index contributed by atoms with van der Waals surface area (Å²) in [5.74, 6) is -0.541. The van der Waals surface area contributed by atoms with Gasteiger partial charge in [0.1, 0.15) is 10.8 Å². The molecule has 1 amide bonds. The van der Waals surface area contributed by atoms with E-state index in [0.717, 1.165) is 36.4 Å². The Bertz CT molecular complexity index is 1260. The molecule has 210 valence electrons. The molecular weight excluding hydrogens is 542 g/mol. The number of carbonyl (C=O) groups excluding carboxylic acids is 1. The summed E-state index contributed by atoms with van der Waals surface area (Å²) in [7, 11) is 2.27. The lowest BCUT2D eigenvalue weighted by Gasteiger charge is -2.53. The quantitative estimate of drug-likeness (QED) is 0.494. The molecule has 38 heavy (non-hydrogen) atoms. The zero-order valence-electron chi connectivity index (χ0n) is 23.1. The van der Waals surface area contributed by atoms with Crippen LogP contribution in [0, 0.1) is 23.2 Å². The van der Waals surface area contributed by atoms with Gasteiger partial charge in [-0.3, -0.25) is 4.79 Å². The maximum Gasteiger partial charge on any atom is 0.225 e. The largest absolute Gasteiger partial charge is 0.392 e. The van der Waals surface area contributed by atoms with Gasteiger partial charge in [0.25, 0.3) is 0 Å². The van der Waals surface area contributed by atoms with Crippen LogP contribution in [0.2, 0.25) is 5.02 Å². The average Bonchev–Trinajstić information content (AvgIpc) is 3.23. The summed E-state index contributed by atoms with van der Waals surface area (Å²) in [5.41, 5.74) is 0.779. The number of nitrogens with zero attached hydrogens (tertiary/aromatic N) is 3. The van der Waals surface area contributed by atoms with E-state index in [4.69, 9.17) is 16.6 Å². The van der Waals surface area contributed by atoms with Crippen LogP contribution < -0.4 is 0 Å². The van der Waals surface area contributed by atoms with E-state index in [9.17, 15) is 18.3 Å². The van der Waals surface area contributed by atoms with E-state index < -0.39 is 15.9 Å². The standard InChI is InChI=1S/C28H40ClN3O4S2/c1-17(27(34)32(6)14-13-31(4)5)21-11-12-28(3)15-22-25(18(2)24(28)26(21)33)30-23(37-22)16-38(35,36)20-9-7-19(29)8-10-20/h7-10,17-18,21,24,26,33H,11-16H2,1-6H3. The van der Waals surface area contributed by atoms with Crippen molar-refractivity contribution in [3.05, 3.63) is 44.9 Å². The number of rotatable bonds is 8. The van der Waals surface area contributed by atoms with Gasteiger partial charge in [-0.2, -0.15) is 0 Å². The zero-order chi connectivity index (χ0) is 28.0. The summed E-state index contributed by atoms with van der Waals surface area (Å²) in [6.45, 7) is 7.73. The van der Waals surface area contributed by atoms with E-state index in [-0.39, 0.29) is 45.6 Å². The van der Waals surface area contributed by atoms with Crippen LogP contribution in [0.15, 0.2) is 29.2 Å². The van der Waals surface area contributed by atoms with Gasteiger partial charge in [-0.05, 0) is 74.9 Å². The molecule has 4 rings (SSSR count). The Hall–Kier alpha value is -1.52. The molecular formula is C28H40ClN3O4S2. The number of thiazole rings is 1. The summed E-state index contributed by atoms with van der Waals surface area (Å²) in [5, 5.41) is 12.8. The van der Waals surface area contributed by atoms with E-state index in [1.807, 2.05) is 28.1 Å². The molecule has 2 aliphatic carbocycles. The van der Waals surface area contributed by atoms with E-state index in [1.165, 1.54) is 23.5 Å². The number of aromatic nitrogens is 1. The molecule has 2 aromatic rings. The highest BCUT2D eigenvalue weighted by molar-refractivity contribution is 7.90. The molecule has 6 unspecified atom stereocenters. The van der Waals surface area contributed by atoms with Gasteiger partial charge in [0.05, 0.1) is 16.7 Å². The van der Waals surface area contributed by atoms with Crippen molar-refractivity contribution in [2.45, 2.75) is 62.7 Å². The second-order valence-electron chi connectivity index (χ2n) is 11.8. The third-order valence-corrected chi connectivity index (χ3v) is 11.9.